The van der Waals surface area contributed by atoms with E-state index in [1.807, 2.05) is 107 Å². The van der Waals surface area contributed by atoms with Crippen LogP contribution in [0.1, 0.15) is 73.8 Å². The predicted molar refractivity (Wildman–Crippen MR) is 157 cm³/mol. The van der Waals surface area contributed by atoms with Crippen LogP contribution in [-0.4, -0.2) is 57.1 Å². The summed E-state index contributed by atoms with van der Waals surface area (Å²) in [6.07, 6.45) is 0. The molecule has 8 nitrogen and oxygen atoms in total. The van der Waals surface area contributed by atoms with Crippen molar-refractivity contribution in [1.29, 1.82) is 0 Å². The lowest BCUT2D eigenvalue weighted by Gasteiger charge is -2.30. The second-order valence-electron chi connectivity index (χ2n) is 10.0. The fourth-order valence-electron chi connectivity index (χ4n) is 4.70. The summed E-state index contributed by atoms with van der Waals surface area (Å²) in [6, 6.07) is 19.5. The van der Waals surface area contributed by atoms with Crippen molar-refractivity contribution < 1.29 is 18.6 Å². The van der Waals surface area contributed by atoms with Gasteiger partial charge in [-0.25, -0.2) is 0 Å². The number of carbonyl (C=O) groups excluding carboxylic acids is 2. The maximum absolute atomic E-state index is 12.9. The number of hydrogen-bond acceptors (Lipinski definition) is 6. The van der Waals surface area contributed by atoms with Crippen LogP contribution >= 0.6 is 0 Å². The molecule has 0 spiro atoms. The second kappa shape index (κ2) is 13.7. The van der Waals surface area contributed by atoms with Crippen LogP contribution in [0.2, 0.25) is 0 Å². The molecular formula is C32H40N4O4. The molecule has 4 rings (SSSR count). The van der Waals surface area contributed by atoms with Gasteiger partial charge in [0.2, 0.25) is 0 Å². The molecule has 0 aliphatic heterocycles. The van der Waals surface area contributed by atoms with Gasteiger partial charge in [0.15, 0.2) is 0 Å². The molecular weight excluding hydrogens is 504 g/mol. The van der Waals surface area contributed by atoms with Crippen molar-refractivity contribution in [3.8, 4) is 22.5 Å². The molecule has 0 aliphatic rings. The van der Waals surface area contributed by atoms with Gasteiger partial charge in [-0.1, -0.05) is 71.0 Å². The molecule has 0 atom stereocenters. The van der Waals surface area contributed by atoms with E-state index in [9.17, 15) is 9.59 Å². The molecule has 8 heteroatoms. The highest BCUT2D eigenvalue weighted by atomic mass is 16.5. The van der Waals surface area contributed by atoms with Gasteiger partial charge in [0.1, 0.15) is 34.0 Å². The van der Waals surface area contributed by atoms with E-state index in [1.54, 1.807) is 18.7 Å². The summed E-state index contributed by atoms with van der Waals surface area (Å²) in [5, 5.41) is 8.12. The predicted octanol–water partition coefficient (Wildman–Crippen LogP) is 7.04. The average molecular weight is 545 g/mol. The smallest absolute Gasteiger partial charge is 0.260 e. The van der Waals surface area contributed by atoms with E-state index in [4.69, 9.17) is 9.05 Å². The van der Waals surface area contributed by atoms with Crippen molar-refractivity contribution >= 4 is 11.8 Å². The lowest BCUT2D eigenvalue weighted by Crippen LogP contribution is -2.42. The Morgan fingerprint density at radius 2 is 1.05 bits per heavy atom. The molecule has 0 radical (unpaired) electrons. The van der Waals surface area contributed by atoms with Crippen LogP contribution in [-0.2, 0) is 0 Å². The topological polar surface area (TPSA) is 92.7 Å². The number of aromatic nitrogens is 2. The first kappa shape index (κ1) is 30.3. The zero-order chi connectivity index (χ0) is 29.4. The van der Waals surface area contributed by atoms with E-state index in [0.29, 0.717) is 47.1 Å². The molecule has 0 fully saturated rings. The zero-order valence-corrected chi connectivity index (χ0v) is 24.8. The highest BCUT2D eigenvalue weighted by Crippen LogP contribution is 2.28. The number of carbonyl (C=O) groups is 2. The minimum absolute atomic E-state index is 0.0254. The fraction of sp³-hybridized carbons (Fsp3) is 0.375. The third kappa shape index (κ3) is 6.68. The Morgan fingerprint density at radius 1 is 0.675 bits per heavy atom. The number of amides is 2. The Balaban J connectivity index is 0.000000222. The molecule has 2 aromatic carbocycles. The maximum Gasteiger partial charge on any atom is 0.260 e. The third-order valence-electron chi connectivity index (χ3n) is 6.65. The molecule has 0 bridgehead atoms. The van der Waals surface area contributed by atoms with Gasteiger partial charge < -0.3 is 18.8 Å². The molecule has 0 saturated heterocycles. The zero-order valence-electron chi connectivity index (χ0n) is 24.8. The van der Waals surface area contributed by atoms with Crippen LogP contribution in [0.5, 0.6) is 0 Å². The van der Waals surface area contributed by atoms with Gasteiger partial charge in [0, 0.05) is 36.3 Å². The molecule has 2 amide bonds. The highest BCUT2D eigenvalue weighted by molar-refractivity contribution is 6.01. The minimum atomic E-state index is -0.0300. The van der Waals surface area contributed by atoms with Gasteiger partial charge >= 0.3 is 0 Å². The fourth-order valence-corrected chi connectivity index (χ4v) is 4.70. The molecule has 4 aromatic rings. The number of benzene rings is 2. The number of nitrogens with zero attached hydrogens (tertiary/aromatic N) is 4. The monoisotopic (exact) mass is 544 g/mol. The summed E-state index contributed by atoms with van der Waals surface area (Å²) < 4.78 is 10.5. The molecule has 2 heterocycles. The van der Waals surface area contributed by atoms with E-state index in [1.165, 1.54) is 0 Å². The number of aryl methyl sites for hydroxylation is 2. The molecule has 2 aromatic heterocycles. The molecule has 0 saturated carbocycles. The number of rotatable bonds is 8. The van der Waals surface area contributed by atoms with E-state index in [-0.39, 0.29) is 23.9 Å². The summed E-state index contributed by atoms with van der Waals surface area (Å²) in [6.45, 7) is 16.9. The maximum atomic E-state index is 12.9. The second-order valence-corrected chi connectivity index (χ2v) is 10.0. The van der Waals surface area contributed by atoms with Gasteiger partial charge in [-0.2, -0.15) is 0 Å². The van der Waals surface area contributed by atoms with E-state index >= 15 is 0 Å². The van der Waals surface area contributed by atoms with Crippen LogP contribution in [0.25, 0.3) is 22.5 Å². The Morgan fingerprint density at radius 3 is 1.40 bits per heavy atom. The summed E-state index contributed by atoms with van der Waals surface area (Å²) >= 11 is 0. The minimum Gasteiger partial charge on any atom is -0.360 e. The summed E-state index contributed by atoms with van der Waals surface area (Å²) in [4.78, 5) is 29.1. The Labute approximate surface area is 236 Å². The molecule has 0 N–H and O–H groups in total. The first-order valence-corrected chi connectivity index (χ1v) is 13.8. The quantitative estimate of drug-likeness (QED) is 0.236. The van der Waals surface area contributed by atoms with Crippen LogP contribution in [0.4, 0.5) is 0 Å². The third-order valence-corrected chi connectivity index (χ3v) is 6.65. The van der Waals surface area contributed by atoms with Crippen molar-refractivity contribution in [2.24, 2.45) is 0 Å². The average Bonchev–Trinajstić information content (AvgIpc) is 3.52. The van der Waals surface area contributed by atoms with Gasteiger partial charge in [-0.3, -0.25) is 9.59 Å². The summed E-state index contributed by atoms with van der Waals surface area (Å²) in [5.74, 6) is 1.07. The standard InChI is InChI=1S/C17H22N2O2.C15H18N2O2/c1-11(2)19(12(3)4)17(20)15-13(5)21-18-16(15)14-9-7-6-8-10-14;1-4-17(5-2)15(18)13-11(3)19-16-14(13)12-9-7-6-8-10-12/h6-12H,1-5H3;6-10H,4-5H2,1-3H3. The summed E-state index contributed by atoms with van der Waals surface area (Å²) in [5.41, 5.74) is 4.15. The highest BCUT2D eigenvalue weighted by Gasteiger charge is 2.29. The van der Waals surface area contributed by atoms with Gasteiger partial charge in [0.05, 0.1) is 0 Å². The van der Waals surface area contributed by atoms with Crippen molar-refractivity contribution in [3.05, 3.63) is 83.3 Å². The van der Waals surface area contributed by atoms with Crippen LogP contribution in [0.3, 0.4) is 0 Å². The summed E-state index contributed by atoms with van der Waals surface area (Å²) in [7, 11) is 0. The Hall–Kier alpha value is -4.20. The van der Waals surface area contributed by atoms with Crippen molar-refractivity contribution in [2.75, 3.05) is 13.1 Å². The van der Waals surface area contributed by atoms with Gasteiger partial charge in [0.25, 0.3) is 11.8 Å². The van der Waals surface area contributed by atoms with E-state index in [0.717, 1.165) is 11.1 Å². The van der Waals surface area contributed by atoms with Crippen LogP contribution in [0, 0.1) is 13.8 Å². The number of hydrogen-bond donors (Lipinski definition) is 0. The largest absolute Gasteiger partial charge is 0.360 e. The van der Waals surface area contributed by atoms with E-state index < -0.39 is 0 Å². The normalized spacial score (nSPS) is 10.8. The lowest BCUT2D eigenvalue weighted by atomic mass is 10.0. The van der Waals surface area contributed by atoms with Crippen LogP contribution in [0.15, 0.2) is 69.7 Å². The van der Waals surface area contributed by atoms with Crippen molar-refractivity contribution in [3.63, 3.8) is 0 Å². The molecule has 0 unspecified atom stereocenters. The molecule has 0 aliphatic carbocycles. The van der Waals surface area contributed by atoms with Crippen molar-refractivity contribution in [1.82, 2.24) is 20.1 Å². The Kier molecular flexibility index (Phi) is 10.4. The molecule has 212 valence electrons. The van der Waals surface area contributed by atoms with Gasteiger partial charge in [-0.15, -0.1) is 0 Å². The first-order valence-electron chi connectivity index (χ1n) is 13.8. The van der Waals surface area contributed by atoms with Gasteiger partial charge in [-0.05, 0) is 55.4 Å². The Bertz CT molecular complexity index is 1380. The SMILES string of the molecule is CCN(CC)C(=O)c1c(-c2ccccc2)noc1C.Cc1onc(-c2ccccc2)c1C(=O)N(C(C)C)C(C)C. The van der Waals surface area contributed by atoms with Crippen molar-refractivity contribution in [2.45, 2.75) is 67.5 Å². The molecule has 40 heavy (non-hydrogen) atoms. The van der Waals surface area contributed by atoms with E-state index in [2.05, 4.69) is 10.3 Å². The first-order chi connectivity index (χ1) is 19.1. The lowest BCUT2D eigenvalue weighted by molar-refractivity contribution is 0.0642. The van der Waals surface area contributed by atoms with Crippen LogP contribution < -0.4 is 0 Å².